The van der Waals surface area contributed by atoms with Crippen LogP contribution in [0.25, 0.3) is 0 Å². The van der Waals surface area contributed by atoms with Crippen LogP contribution >= 0.6 is 0 Å². The third-order valence-electron chi connectivity index (χ3n) is 0.328. The van der Waals surface area contributed by atoms with Crippen molar-refractivity contribution in [3.8, 4) is 0 Å². The van der Waals surface area contributed by atoms with Crippen LogP contribution < -0.4 is 0 Å². The first-order valence-corrected chi connectivity index (χ1v) is 3.23. The second-order valence-electron chi connectivity index (χ2n) is 1.04. The van der Waals surface area contributed by atoms with Crippen LogP contribution in [-0.2, 0) is 26.6 Å². The molecule has 0 atom stereocenters. The van der Waals surface area contributed by atoms with Crippen LogP contribution in [0.5, 0.6) is 0 Å². The van der Waals surface area contributed by atoms with Gasteiger partial charge in [0.05, 0.1) is 5.75 Å². The Kier molecular flexibility index (Phi) is 5.60. The second-order valence-corrected chi connectivity index (χ2v) is 2.53. The van der Waals surface area contributed by atoms with E-state index in [1.54, 1.807) is 0 Å². The fraction of sp³-hybridized carbons (Fsp3) is 0.333. The molecule has 0 radical (unpaired) electrons. The van der Waals surface area contributed by atoms with Gasteiger partial charge in [-0.3, -0.25) is 4.55 Å². The minimum Gasteiger partial charge on any atom is -0.285 e. The molecule has 8 heavy (non-hydrogen) atoms. The molecule has 0 unspecified atom stereocenters. The molecule has 0 saturated carbocycles. The van der Waals surface area contributed by atoms with Crippen LogP contribution in [0.1, 0.15) is 0 Å². The summed E-state index contributed by atoms with van der Waals surface area (Å²) in [4.78, 5) is 0. The summed E-state index contributed by atoms with van der Waals surface area (Å²) < 4.78 is 27.3. The van der Waals surface area contributed by atoms with Crippen molar-refractivity contribution < 1.29 is 29.5 Å². The molecule has 0 aliphatic rings. The maximum Gasteiger partial charge on any atom is 0.268 e. The fourth-order valence-electron chi connectivity index (χ4n) is 0.149. The first-order chi connectivity index (χ1) is 3.06. The Hall–Kier alpha value is 0.144. The smallest absolute Gasteiger partial charge is 0.268 e. The van der Waals surface area contributed by atoms with Crippen molar-refractivity contribution in [1.82, 2.24) is 0 Å². The van der Waals surface area contributed by atoms with Gasteiger partial charge < -0.3 is 0 Å². The third-order valence-corrected chi connectivity index (χ3v) is 0.985. The Morgan fingerprint density at radius 1 is 1.62 bits per heavy atom. The molecule has 52 valence electrons. The SMILES string of the molecule is C=CCS(=O)(=O)O.[Ni]. The van der Waals surface area contributed by atoms with Crippen molar-refractivity contribution in [2.24, 2.45) is 0 Å². The monoisotopic (exact) mass is 180 g/mol. The summed E-state index contributed by atoms with van der Waals surface area (Å²) in [5, 5.41) is 0. The Morgan fingerprint density at radius 2 is 2.00 bits per heavy atom. The van der Waals surface area contributed by atoms with E-state index in [-0.39, 0.29) is 22.2 Å². The predicted molar refractivity (Wildman–Crippen MR) is 26.6 cm³/mol. The van der Waals surface area contributed by atoms with E-state index in [1.807, 2.05) is 0 Å². The van der Waals surface area contributed by atoms with Gasteiger partial charge in [-0.25, -0.2) is 0 Å². The van der Waals surface area contributed by atoms with Gasteiger partial charge in [0.15, 0.2) is 0 Å². The maximum atomic E-state index is 9.72. The number of hydrogen-bond donors (Lipinski definition) is 1. The van der Waals surface area contributed by atoms with E-state index >= 15 is 0 Å². The zero-order valence-electron chi connectivity index (χ0n) is 3.98. The molecule has 0 spiro atoms. The molecular formula is C3H6NiO3S. The molecule has 5 heteroatoms. The molecule has 0 bridgehead atoms. The van der Waals surface area contributed by atoms with E-state index in [0.717, 1.165) is 6.08 Å². The molecule has 0 rings (SSSR count). The van der Waals surface area contributed by atoms with Crippen molar-refractivity contribution in [2.45, 2.75) is 0 Å². The molecule has 0 aromatic rings. The van der Waals surface area contributed by atoms with Gasteiger partial charge in [-0.2, -0.15) is 8.42 Å². The van der Waals surface area contributed by atoms with E-state index in [4.69, 9.17) is 4.55 Å². The number of rotatable bonds is 2. The minimum absolute atomic E-state index is 0. The molecule has 0 amide bonds. The maximum absolute atomic E-state index is 9.72. The largest absolute Gasteiger partial charge is 0.285 e. The summed E-state index contributed by atoms with van der Waals surface area (Å²) in [5.74, 6) is -0.368. The first kappa shape index (κ1) is 11.0. The molecule has 0 aromatic carbocycles. The first-order valence-electron chi connectivity index (χ1n) is 1.62. The van der Waals surface area contributed by atoms with Gasteiger partial charge in [0, 0.05) is 16.5 Å². The summed E-state index contributed by atoms with van der Waals surface area (Å²) in [7, 11) is -3.79. The molecule has 0 aliphatic carbocycles. The fourth-order valence-corrected chi connectivity index (χ4v) is 0.447. The molecular weight excluding hydrogens is 175 g/mol. The standard InChI is InChI=1S/C3H6O3S.Ni/c1-2-3-7(4,5)6;/h2H,1,3H2,(H,4,5,6);. The van der Waals surface area contributed by atoms with Crippen molar-refractivity contribution in [1.29, 1.82) is 0 Å². The summed E-state index contributed by atoms with van der Waals surface area (Å²) >= 11 is 0. The summed E-state index contributed by atoms with van der Waals surface area (Å²) in [6.07, 6.45) is 1.12. The van der Waals surface area contributed by atoms with E-state index in [9.17, 15) is 8.42 Å². The molecule has 0 aliphatic heterocycles. The molecule has 0 saturated heterocycles. The van der Waals surface area contributed by atoms with Crippen LogP contribution in [0.4, 0.5) is 0 Å². The van der Waals surface area contributed by atoms with Crippen LogP contribution in [0.2, 0.25) is 0 Å². The predicted octanol–water partition coefficient (Wildman–Crippen LogP) is 0.0577. The van der Waals surface area contributed by atoms with Crippen LogP contribution in [-0.4, -0.2) is 18.7 Å². The molecule has 1 N–H and O–H groups in total. The van der Waals surface area contributed by atoms with Gasteiger partial charge in [0.1, 0.15) is 0 Å². The van der Waals surface area contributed by atoms with Crippen molar-refractivity contribution >= 4 is 10.1 Å². The Bertz CT molecular complexity index is 148. The summed E-state index contributed by atoms with van der Waals surface area (Å²) in [5.41, 5.74) is 0. The summed E-state index contributed by atoms with van der Waals surface area (Å²) in [6, 6.07) is 0. The van der Waals surface area contributed by atoms with E-state index in [0.29, 0.717) is 0 Å². The molecule has 0 fully saturated rings. The van der Waals surface area contributed by atoms with Gasteiger partial charge >= 0.3 is 0 Å². The van der Waals surface area contributed by atoms with Gasteiger partial charge in [-0.05, 0) is 0 Å². The van der Waals surface area contributed by atoms with E-state index < -0.39 is 10.1 Å². The average molecular weight is 181 g/mol. The molecule has 3 nitrogen and oxygen atoms in total. The molecule has 0 aromatic heterocycles. The Balaban J connectivity index is 0. The quantitative estimate of drug-likeness (QED) is 0.372. The number of hydrogen-bond acceptors (Lipinski definition) is 2. The van der Waals surface area contributed by atoms with Crippen LogP contribution in [0, 0.1) is 0 Å². The zero-order valence-corrected chi connectivity index (χ0v) is 5.78. The van der Waals surface area contributed by atoms with Crippen molar-refractivity contribution in [2.75, 3.05) is 5.75 Å². The van der Waals surface area contributed by atoms with Gasteiger partial charge in [0.2, 0.25) is 0 Å². The van der Waals surface area contributed by atoms with Crippen molar-refractivity contribution in [3.05, 3.63) is 12.7 Å². The minimum atomic E-state index is -3.79. The Morgan fingerprint density at radius 3 is 2.00 bits per heavy atom. The molecule has 0 heterocycles. The normalized spacial score (nSPS) is 9.62. The van der Waals surface area contributed by atoms with Gasteiger partial charge in [-0.15, -0.1) is 6.58 Å². The van der Waals surface area contributed by atoms with E-state index in [2.05, 4.69) is 6.58 Å². The summed E-state index contributed by atoms with van der Waals surface area (Å²) in [6.45, 7) is 3.11. The topological polar surface area (TPSA) is 54.4 Å². The van der Waals surface area contributed by atoms with E-state index in [1.165, 1.54) is 0 Å². The zero-order chi connectivity index (χ0) is 5.91. The second kappa shape index (κ2) is 4.07. The van der Waals surface area contributed by atoms with Gasteiger partial charge in [-0.1, -0.05) is 6.08 Å². The third kappa shape index (κ3) is 9.47. The Labute approximate surface area is 58.5 Å². The van der Waals surface area contributed by atoms with Crippen molar-refractivity contribution in [3.63, 3.8) is 0 Å². The van der Waals surface area contributed by atoms with Crippen LogP contribution in [0.3, 0.4) is 0 Å². The van der Waals surface area contributed by atoms with Gasteiger partial charge in [0.25, 0.3) is 10.1 Å². The van der Waals surface area contributed by atoms with Crippen LogP contribution in [0.15, 0.2) is 12.7 Å². The average Bonchev–Trinajstić information content (AvgIpc) is 1.30.